The molecule has 144 valence electrons. The fourth-order valence-corrected chi connectivity index (χ4v) is 5.78. The molecule has 0 aliphatic heterocycles. The molecule has 0 amide bonds. The molecule has 2 aromatic carbocycles. The van der Waals surface area contributed by atoms with E-state index in [0.717, 1.165) is 41.1 Å². The maximum absolute atomic E-state index is 12.3. The SMILES string of the molecule is CC1(N(CC(O)Cn2c3ccccc3c3ccccc32)S(C)(=O)=O)CCC1. The number of rotatable bonds is 6. The van der Waals surface area contributed by atoms with Gasteiger partial charge in [0.2, 0.25) is 10.0 Å². The van der Waals surface area contributed by atoms with Crippen LogP contribution in [0.2, 0.25) is 0 Å². The lowest BCUT2D eigenvalue weighted by Gasteiger charge is -2.47. The highest BCUT2D eigenvalue weighted by molar-refractivity contribution is 7.88. The van der Waals surface area contributed by atoms with Crippen LogP contribution in [-0.4, -0.2) is 46.8 Å². The molecule has 27 heavy (non-hydrogen) atoms. The fourth-order valence-electron chi connectivity index (χ4n) is 4.35. The van der Waals surface area contributed by atoms with E-state index >= 15 is 0 Å². The first-order chi connectivity index (χ1) is 12.8. The summed E-state index contributed by atoms with van der Waals surface area (Å²) in [6.45, 7) is 2.46. The number of benzene rings is 2. The Hall–Kier alpha value is -1.89. The smallest absolute Gasteiger partial charge is 0.211 e. The minimum atomic E-state index is -3.38. The summed E-state index contributed by atoms with van der Waals surface area (Å²) in [5.41, 5.74) is 1.74. The van der Waals surface area contributed by atoms with Crippen molar-refractivity contribution >= 4 is 31.8 Å². The Bertz CT molecular complexity index is 1030. The normalized spacial score (nSPS) is 18.1. The van der Waals surface area contributed by atoms with Crippen LogP contribution in [0.5, 0.6) is 0 Å². The van der Waals surface area contributed by atoms with E-state index < -0.39 is 16.1 Å². The zero-order chi connectivity index (χ0) is 19.2. The van der Waals surface area contributed by atoms with Crippen molar-refractivity contribution in [2.24, 2.45) is 0 Å². The minimum absolute atomic E-state index is 0.121. The van der Waals surface area contributed by atoms with Crippen LogP contribution in [0.15, 0.2) is 48.5 Å². The second-order valence-electron chi connectivity index (χ2n) is 7.94. The van der Waals surface area contributed by atoms with Gasteiger partial charge in [0.25, 0.3) is 0 Å². The van der Waals surface area contributed by atoms with Crippen molar-refractivity contribution in [2.75, 3.05) is 12.8 Å². The third-order valence-electron chi connectivity index (χ3n) is 5.88. The molecule has 1 aliphatic rings. The van der Waals surface area contributed by atoms with Crippen molar-refractivity contribution in [3.63, 3.8) is 0 Å². The zero-order valence-corrected chi connectivity index (χ0v) is 16.6. The van der Waals surface area contributed by atoms with Crippen LogP contribution in [0.3, 0.4) is 0 Å². The highest BCUT2D eigenvalue weighted by Gasteiger charge is 2.43. The van der Waals surface area contributed by atoms with Gasteiger partial charge in [-0.1, -0.05) is 36.4 Å². The van der Waals surface area contributed by atoms with E-state index in [4.69, 9.17) is 0 Å². The molecule has 1 aromatic heterocycles. The van der Waals surface area contributed by atoms with E-state index in [9.17, 15) is 13.5 Å². The number of aromatic nitrogens is 1. The molecule has 1 unspecified atom stereocenters. The van der Waals surface area contributed by atoms with Gasteiger partial charge in [-0.05, 0) is 38.3 Å². The second kappa shape index (κ2) is 6.62. The lowest BCUT2D eigenvalue weighted by molar-refractivity contribution is 0.0528. The average molecular weight is 387 g/mol. The van der Waals surface area contributed by atoms with Gasteiger partial charge in [0.15, 0.2) is 0 Å². The van der Waals surface area contributed by atoms with Crippen molar-refractivity contribution in [1.29, 1.82) is 0 Å². The number of sulfonamides is 1. The van der Waals surface area contributed by atoms with E-state index in [1.54, 1.807) is 0 Å². The summed E-state index contributed by atoms with van der Waals surface area (Å²) < 4.78 is 28.3. The topological polar surface area (TPSA) is 62.5 Å². The zero-order valence-electron chi connectivity index (χ0n) is 15.8. The number of β-amino-alcohol motifs (C(OH)–C–C–N with tert-alkyl or cyclic N) is 1. The van der Waals surface area contributed by atoms with Gasteiger partial charge in [-0.3, -0.25) is 0 Å². The summed E-state index contributed by atoms with van der Waals surface area (Å²) in [5, 5.41) is 13.1. The average Bonchev–Trinajstić information content (AvgIpc) is 2.91. The Morgan fingerprint density at radius 3 is 2.04 bits per heavy atom. The van der Waals surface area contributed by atoms with E-state index in [1.807, 2.05) is 43.3 Å². The first-order valence-corrected chi connectivity index (χ1v) is 11.3. The third-order valence-corrected chi connectivity index (χ3v) is 7.27. The molecular weight excluding hydrogens is 360 g/mol. The predicted octanol–water partition coefficient (Wildman–Crippen LogP) is 3.36. The third kappa shape index (κ3) is 3.26. The van der Waals surface area contributed by atoms with Crippen LogP contribution < -0.4 is 0 Å². The standard InChI is InChI=1S/C21H26N2O3S/c1-21(12-7-13-21)23(27(2,25)26)15-16(24)14-22-19-10-5-3-8-17(19)18-9-4-6-11-20(18)22/h3-6,8-11,16,24H,7,12-15H2,1-2H3. The van der Waals surface area contributed by atoms with Crippen molar-refractivity contribution in [1.82, 2.24) is 8.87 Å². The Morgan fingerprint density at radius 1 is 1.07 bits per heavy atom. The van der Waals surface area contributed by atoms with Crippen LogP contribution in [-0.2, 0) is 16.6 Å². The molecule has 1 aliphatic carbocycles. The highest BCUT2D eigenvalue weighted by Crippen LogP contribution is 2.39. The molecule has 5 nitrogen and oxygen atoms in total. The van der Waals surface area contributed by atoms with Gasteiger partial charge in [0.1, 0.15) is 0 Å². The first-order valence-electron chi connectivity index (χ1n) is 9.41. The van der Waals surface area contributed by atoms with Crippen molar-refractivity contribution in [3.05, 3.63) is 48.5 Å². The molecule has 1 atom stereocenters. The minimum Gasteiger partial charge on any atom is -0.390 e. The van der Waals surface area contributed by atoms with Gasteiger partial charge in [-0.15, -0.1) is 0 Å². The first kappa shape index (κ1) is 18.5. The molecule has 0 bridgehead atoms. The maximum atomic E-state index is 12.3. The molecule has 1 saturated carbocycles. The summed E-state index contributed by atoms with van der Waals surface area (Å²) in [6, 6.07) is 16.3. The number of aliphatic hydroxyl groups is 1. The van der Waals surface area contributed by atoms with Crippen LogP contribution in [0, 0.1) is 0 Å². The van der Waals surface area contributed by atoms with Gasteiger partial charge in [-0.25, -0.2) is 8.42 Å². The van der Waals surface area contributed by atoms with Gasteiger partial charge in [-0.2, -0.15) is 4.31 Å². The second-order valence-corrected chi connectivity index (χ2v) is 9.85. The fraction of sp³-hybridized carbons (Fsp3) is 0.429. The van der Waals surface area contributed by atoms with Gasteiger partial charge in [0.05, 0.1) is 18.9 Å². The van der Waals surface area contributed by atoms with Gasteiger partial charge < -0.3 is 9.67 Å². The molecule has 1 fully saturated rings. The number of nitrogens with zero attached hydrogens (tertiary/aromatic N) is 2. The van der Waals surface area contributed by atoms with E-state index in [2.05, 4.69) is 16.7 Å². The maximum Gasteiger partial charge on any atom is 0.211 e. The molecule has 1 N–H and O–H groups in total. The lowest BCUT2D eigenvalue weighted by Crippen LogP contribution is -2.56. The van der Waals surface area contributed by atoms with E-state index in [0.29, 0.717) is 6.54 Å². The van der Waals surface area contributed by atoms with Crippen molar-refractivity contribution < 1.29 is 13.5 Å². The monoisotopic (exact) mass is 386 g/mol. The molecule has 6 heteroatoms. The Balaban J connectivity index is 1.67. The van der Waals surface area contributed by atoms with Crippen LogP contribution in [0.1, 0.15) is 26.2 Å². The van der Waals surface area contributed by atoms with E-state index in [-0.39, 0.29) is 12.1 Å². The molecule has 4 rings (SSSR count). The predicted molar refractivity (Wildman–Crippen MR) is 109 cm³/mol. The molecule has 1 heterocycles. The van der Waals surface area contributed by atoms with Gasteiger partial charge in [0, 0.05) is 33.9 Å². The molecule has 3 aromatic rings. The molecule has 0 radical (unpaired) electrons. The Labute approximate surface area is 160 Å². The van der Waals surface area contributed by atoms with Crippen LogP contribution in [0.4, 0.5) is 0 Å². The molecule has 0 saturated heterocycles. The summed E-state index contributed by atoms with van der Waals surface area (Å²) >= 11 is 0. The van der Waals surface area contributed by atoms with Gasteiger partial charge >= 0.3 is 0 Å². The van der Waals surface area contributed by atoms with Crippen LogP contribution >= 0.6 is 0 Å². The number of para-hydroxylation sites is 2. The summed E-state index contributed by atoms with van der Waals surface area (Å²) in [6.07, 6.45) is 3.19. The largest absolute Gasteiger partial charge is 0.390 e. The lowest BCUT2D eigenvalue weighted by atomic mass is 9.78. The summed E-state index contributed by atoms with van der Waals surface area (Å²) in [5.74, 6) is 0. The Morgan fingerprint density at radius 2 is 1.59 bits per heavy atom. The van der Waals surface area contributed by atoms with Crippen LogP contribution in [0.25, 0.3) is 21.8 Å². The van der Waals surface area contributed by atoms with Crippen molar-refractivity contribution in [3.8, 4) is 0 Å². The Kier molecular flexibility index (Phi) is 4.53. The number of aliphatic hydroxyl groups excluding tert-OH is 1. The van der Waals surface area contributed by atoms with Crippen molar-refractivity contribution in [2.45, 2.75) is 44.4 Å². The van der Waals surface area contributed by atoms with E-state index in [1.165, 1.54) is 10.6 Å². The summed E-state index contributed by atoms with van der Waals surface area (Å²) in [4.78, 5) is 0. The molecular formula is C21H26N2O3S. The quantitative estimate of drug-likeness (QED) is 0.707. The number of fused-ring (bicyclic) bond motifs is 3. The number of hydrogen-bond donors (Lipinski definition) is 1. The summed E-state index contributed by atoms with van der Waals surface area (Å²) in [7, 11) is -3.38. The highest BCUT2D eigenvalue weighted by atomic mass is 32.2. The number of hydrogen-bond acceptors (Lipinski definition) is 3. The molecule has 0 spiro atoms.